The maximum atomic E-state index is 9.85. The molecule has 1 aromatic rings. The van der Waals surface area contributed by atoms with Gasteiger partial charge in [0.25, 0.3) is 0 Å². The predicted octanol–water partition coefficient (Wildman–Crippen LogP) is 1.03. The lowest BCUT2D eigenvalue weighted by molar-refractivity contribution is 0.0167. The molecule has 0 spiro atoms. The van der Waals surface area contributed by atoms with Gasteiger partial charge in [-0.05, 0) is 25.0 Å². The first-order chi connectivity index (χ1) is 9.46. The van der Waals surface area contributed by atoms with Crippen LogP contribution in [0.5, 0.6) is 0 Å². The molecule has 0 amide bonds. The van der Waals surface area contributed by atoms with Crippen molar-refractivity contribution in [3.05, 3.63) is 35.4 Å². The van der Waals surface area contributed by atoms with Gasteiger partial charge in [0.15, 0.2) is 0 Å². The van der Waals surface area contributed by atoms with Crippen LogP contribution >= 0.6 is 0 Å². The molecule has 0 radical (unpaired) electrons. The van der Waals surface area contributed by atoms with Gasteiger partial charge in [0.2, 0.25) is 0 Å². The molecule has 112 valence electrons. The van der Waals surface area contributed by atoms with E-state index in [1.165, 1.54) is 11.1 Å². The van der Waals surface area contributed by atoms with Crippen molar-refractivity contribution >= 4 is 0 Å². The zero-order valence-corrected chi connectivity index (χ0v) is 12.7. The quantitative estimate of drug-likeness (QED) is 0.844. The van der Waals surface area contributed by atoms with E-state index >= 15 is 0 Å². The maximum absolute atomic E-state index is 9.85. The van der Waals surface area contributed by atoms with Crippen molar-refractivity contribution in [1.82, 2.24) is 9.80 Å². The summed E-state index contributed by atoms with van der Waals surface area (Å²) in [7, 11) is 0. The van der Waals surface area contributed by atoms with E-state index in [4.69, 9.17) is 5.73 Å². The lowest BCUT2D eigenvalue weighted by Crippen LogP contribution is -2.50. The molecule has 0 aromatic heterocycles. The molecule has 1 saturated heterocycles. The van der Waals surface area contributed by atoms with Crippen molar-refractivity contribution in [3.63, 3.8) is 0 Å². The number of nitrogens with two attached hydrogens (primary N) is 1. The monoisotopic (exact) mass is 277 g/mol. The van der Waals surface area contributed by atoms with Gasteiger partial charge in [0, 0.05) is 45.8 Å². The fourth-order valence-electron chi connectivity index (χ4n) is 2.69. The molecule has 2 rings (SSSR count). The Hall–Kier alpha value is -0.940. The van der Waals surface area contributed by atoms with Gasteiger partial charge < -0.3 is 10.8 Å². The van der Waals surface area contributed by atoms with Gasteiger partial charge in [0.05, 0.1) is 5.60 Å². The minimum absolute atomic E-state index is 0.597. The number of nitrogens with zero attached hydrogens (tertiary/aromatic N) is 2. The van der Waals surface area contributed by atoms with Crippen molar-refractivity contribution in [1.29, 1.82) is 0 Å². The largest absolute Gasteiger partial charge is 0.389 e. The van der Waals surface area contributed by atoms with Gasteiger partial charge in [-0.1, -0.05) is 24.3 Å². The molecule has 0 aliphatic carbocycles. The van der Waals surface area contributed by atoms with Crippen LogP contribution in [0, 0.1) is 0 Å². The van der Waals surface area contributed by atoms with E-state index in [2.05, 4.69) is 34.1 Å². The minimum atomic E-state index is -0.597. The molecule has 1 heterocycles. The maximum Gasteiger partial charge on any atom is 0.0718 e. The smallest absolute Gasteiger partial charge is 0.0718 e. The van der Waals surface area contributed by atoms with Crippen molar-refractivity contribution in [2.75, 3.05) is 32.7 Å². The molecule has 4 heteroatoms. The zero-order chi connectivity index (χ0) is 14.6. The second-order valence-electron chi connectivity index (χ2n) is 6.39. The van der Waals surface area contributed by atoms with Gasteiger partial charge in [-0.3, -0.25) is 9.80 Å². The van der Waals surface area contributed by atoms with Crippen LogP contribution in [0.4, 0.5) is 0 Å². The number of hydrogen-bond acceptors (Lipinski definition) is 4. The first kappa shape index (κ1) is 15.4. The van der Waals surface area contributed by atoms with Crippen LogP contribution in [-0.4, -0.2) is 53.2 Å². The molecule has 0 bridgehead atoms. The standard InChI is InChI=1S/C16H27N3O/c1-16(2,20)13-19-9-7-18(8-10-19)12-15-5-3-14(11-17)4-6-15/h3-6,20H,7-13,17H2,1-2H3. The van der Waals surface area contributed by atoms with Gasteiger partial charge in [-0.15, -0.1) is 0 Å². The summed E-state index contributed by atoms with van der Waals surface area (Å²) < 4.78 is 0. The summed E-state index contributed by atoms with van der Waals surface area (Å²) in [5, 5.41) is 9.85. The zero-order valence-electron chi connectivity index (χ0n) is 12.7. The summed E-state index contributed by atoms with van der Waals surface area (Å²) in [5.74, 6) is 0. The van der Waals surface area contributed by atoms with Crippen LogP contribution < -0.4 is 5.73 Å². The molecular formula is C16H27N3O. The number of β-amino-alcohol motifs (C(OH)–C–C–N with tert-alkyl or cyclic N) is 1. The van der Waals surface area contributed by atoms with Crippen molar-refractivity contribution in [2.24, 2.45) is 5.73 Å². The Morgan fingerprint density at radius 2 is 1.50 bits per heavy atom. The third-order valence-corrected chi connectivity index (χ3v) is 3.74. The lowest BCUT2D eigenvalue weighted by Gasteiger charge is -2.37. The summed E-state index contributed by atoms with van der Waals surface area (Å²) in [6, 6.07) is 8.57. The Morgan fingerprint density at radius 3 is 2.00 bits per heavy atom. The average molecular weight is 277 g/mol. The summed E-state index contributed by atoms with van der Waals surface area (Å²) in [6.07, 6.45) is 0. The highest BCUT2D eigenvalue weighted by Gasteiger charge is 2.22. The normalized spacial score (nSPS) is 18.4. The molecule has 1 fully saturated rings. The minimum Gasteiger partial charge on any atom is -0.389 e. The fraction of sp³-hybridized carbons (Fsp3) is 0.625. The highest BCUT2D eigenvalue weighted by Crippen LogP contribution is 2.12. The SMILES string of the molecule is CC(C)(O)CN1CCN(Cc2ccc(CN)cc2)CC1. The van der Waals surface area contributed by atoms with Crippen LogP contribution in [0.3, 0.4) is 0 Å². The second-order valence-corrected chi connectivity index (χ2v) is 6.39. The molecule has 0 saturated carbocycles. The van der Waals surface area contributed by atoms with E-state index in [0.29, 0.717) is 6.54 Å². The number of rotatable bonds is 5. The predicted molar refractivity (Wildman–Crippen MR) is 82.3 cm³/mol. The number of hydrogen-bond donors (Lipinski definition) is 2. The van der Waals surface area contributed by atoms with Crippen LogP contribution in [0.15, 0.2) is 24.3 Å². The topological polar surface area (TPSA) is 52.7 Å². The number of piperazine rings is 1. The Bertz CT molecular complexity index is 403. The summed E-state index contributed by atoms with van der Waals surface area (Å²) in [6.45, 7) is 10.3. The highest BCUT2D eigenvalue weighted by molar-refractivity contribution is 5.22. The molecular weight excluding hydrogens is 250 g/mol. The van der Waals surface area contributed by atoms with E-state index in [9.17, 15) is 5.11 Å². The van der Waals surface area contributed by atoms with E-state index < -0.39 is 5.60 Å². The molecule has 0 atom stereocenters. The van der Waals surface area contributed by atoms with Crippen LogP contribution in [-0.2, 0) is 13.1 Å². The first-order valence-electron chi connectivity index (χ1n) is 7.41. The molecule has 1 aliphatic heterocycles. The second kappa shape index (κ2) is 6.68. The van der Waals surface area contributed by atoms with Crippen molar-refractivity contribution < 1.29 is 5.11 Å². The molecule has 4 nitrogen and oxygen atoms in total. The van der Waals surface area contributed by atoms with Crippen molar-refractivity contribution in [2.45, 2.75) is 32.5 Å². The van der Waals surface area contributed by atoms with Crippen molar-refractivity contribution in [3.8, 4) is 0 Å². The van der Waals surface area contributed by atoms with Gasteiger partial charge in [0.1, 0.15) is 0 Å². The van der Waals surface area contributed by atoms with E-state index in [0.717, 1.165) is 39.3 Å². The van der Waals surface area contributed by atoms with Gasteiger partial charge in [-0.25, -0.2) is 0 Å². The summed E-state index contributed by atoms with van der Waals surface area (Å²) >= 11 is 0. The number of aliphatic hydroxyl groups is 1. The Labute approximate surface area is 122 Å². The van der Waals surface area contributed by atoms with E-state index in [1.54, 1.807) is 0 Å². The highest BCUT2D eigenvalue weighted by atomic mass is 16.3. The Balaban J connectivity index is 1.79. The van der Waals surface area contributed by atoms with Gasteiger partial charge >= 0.3 is 0 Å². The van der Waals surface area contributed by atoms with Crippen LogP contribution in [0.1, 0.15) is 25.0 Å². The van der Waals surface area contributed by atoms with Crippen LogP contribution in [0.2, 0.25) is 0 Å². The fourth-order valence-corrected chi connectivity index (χ4v) is 2.69. The van der Waals surface area contributed by atoms with E-state index in [1.807, 2.05) is 13.8 Å². The average Bonchev–Trinajstić information content (AvgIpc) is 2.40. The molecule has 3 N–H and O–H groups in total. The molecule has 20 heavy (non-hydrogen) atoms. The molecule has 0 unspecified atom stereocenters. The first-order valence-corrected chi connectivity index (χ1v) is 7.41. The van der Waals surface area contributed by atoms with Gasteiger partial charge in [-0.2, -0.15) is 0 Å². The van der Waals surface area contributed by atoms with E-state index in [-0.39, 0.29) is 0 Å². The Kier molecular flexibility index (Phi) is 5.16. The molecule has 1 aromatic carbocycles. The third kappa shape index (κ3) is 4.87. The lowest BCUT2D eigenvalue weighted by atomic mass is 10.1. The summed E-state index contributed by atoms with van der Waals surface area (Å²) in [4.78, 5) is 4.81. The third-order valence-electron chi connectivity index (χ3n) is 3.74. The summed E-state index contributed by atoms with van der Waals surface area (Å²) in [5.41, 5.74) is 7.55. The molecule has 1 aliphatic rings. The van der Waals surface area contributed by atoms with Crippen LogP contribution in [0.25, 0.3) is 0 Å². The number of benzene rings is 1. The Morgan fingerprint density at radius 1 is 1.00 bits per heavy atom.